The lowest BCUT2D eigenvalue weighted by Crippen LogP contribution is -2.41. The first kappa shape index (κ1) is 24.2. The number of aromatic nitrogens is 2. The first-order valence-corrected chi connectivity index (χ1v) is 12.0. The molecule has 2 N–H and O–H groups in total. The van der Waals surface area contributed by atoms with E-state index in [1.54, 1.807) is 52.1 Å². The zero-order valence-corrected chi connectivity index (χ0v) is 20.1. The van der Waals surface area contributed by atoms with Gasteiger partial charge in [-0.3, -0.25) is 14.1 Å². The predicted octanol–water partition coefficient (Wildman–Crippen LogP) is 3.19. The van der Waals surface area contributed by atoms with Crippen LogP contribution in [0.2, 0.25) is 0 Å². The molecular formula is C23H28N4O5S. The van der Waals surface area contributed by atoms with Crippen LogP contribution < -0.4 is 14.4 Å². The van der Waals surface area contributed by atoms with Crippen LogP contribution in [0.1, 0.15) is 43.2 Å². The second-order valence-electron chi connectivity index (χ2n) is 8.13. The van der Waals surface area contributed by atoms with Gasteiger partial charge in [-0.1, -0.05) is 19.1 Å². The number of carbonyl (C=O) groups excluding carboxylic acids is 1. The molecule has 2 heterocycles. The summed E-state index contributed by atoms with van der Waals surface area (Å²) in [7, 11) is -0.752. The molecule has 3 aromatic rings. The van der Waals surface area contributed by atoms with Crippen LogP contribution in [0.3, 0.4) is 0 Å². The molecule has 0 aliphatic carbocycles. The highest BCUT2D eigenvalue weighted by atomic mass is 32.2. The number of ether oxygens (including phenoxy) is 1. The van der Waals surface area contributed by atoms with E-state index in [4.69, 9.17) is 4.74 Å². The van der Waals surface area contributed by atoms with E-state index in [0.29, 0.717) is 17.6 Å². The topological polar surface area (TPSA) is 122 Å². The van der Waals surface area contributed by atoms with Crippen LogP contribution >= 0.6 is 0 Å². The molecule has 0 bridgehead atoms. The van der Waals surface area contributed by atoms with Crippen molar-refractivity contribution in [2.75, 3.05) is 24.2 Å². The molecule has 33 heavy (non-hydrogen) atoms. The number of amides is 1. The molecule has 0 aliphatic rings. The van der Waals surface area contributed by atoms with Gasteiger partial charge in [-0.15, -0.1) is 0 Å². The molecule has 10 heteroatoms. The second-order valence-corrected chi connectivity index (χ2v) is 10.2. The molecule has 176 valence electrons. The molecule has 2 aromatic heterocycles. The molecule has 0 fully saturated rings. The van der Waals surface area contributed by atoms with Gasteiger partial charge in [-0.25, -0.2) is 13.4 Å². The Labute approximate surface area is 193 Å². The van der Waals surface area contributed by atoms with Gasteiger partial charge in [0, 0.05) is 18.6 Å². The first-order chi connectivity index (χ1) is 15.5. The predicted molar refractivity (Wildman–Crippen MR) is 127 cm³/mol. The molecule has 9 nitrogen and oxygen atoms in total. The maximum atomic E-state index is 13.2. The van der Waals surface area contributed by atoms with E-state index in [-0.39, 0.29) is 22.8 Å². The smallest absolute Gasteiger partial charge is 0.274 e. The standard InChI is InChI=1S/C23H28N4O5S/c1-6-13-33(30,31)27(4)21-17-11-8-12-24-18(17)20(28)19(25-21)22(29)26-23(2,3)15-9-7-10-16(14-15)32-5/h7-12,14,28H,6,13H2,1-5H3,(H,26,29). The van der Waals surface area contributed by atoms with E-state index in [9.17, 15) is 18.3 Å². The zero-order chi connectivity index (χ0) is 24.4. The Kier molecular flexibility index (Phi) is 6.78. The SMILES string of the molecule is CCCS(=O)(=O)N(C)c1nc(C(=O)NC(C)(C)c2cccc(OC)c2)c(O)c2ncccc12. The fourth-order valence-electron chi connectivity index (χ4n) is 3.46. The highest BCUT2D eigenvalue weighted by Crippen LogP contribution is 2.34. The summed E-state index contributed by atoms with van der Waals surface area (Å²) in [4.78, 5) is 21.7. The normalized spacial score (nSPS) is 11.9. The number of benzene rings is 1. The lowest BCUT2D eigenvalue weighted by atomic mass is 9.93. The van der Waals surface area contributed by atoms with Crippen LogP contribution in [0.15, 0.2) is 42.6 Å². The number of nitrogens with one attached hydrogen (secondary N) is 1. The van der Waals surface area contributed by atoms with E-state index < -0.39 is 27.2 Å². The van der Waals surface area contributed by atoms with E-state index in [2.05, 4.69) is 15.3 Å². The Hall–Kier alpha value is -3.40. The summed E-state index contributed by atoms with van der Waals surface area (Å²) in [6.45, 7) is 5.36. The number of rotatable bonds is 8. The van der Waals surface area contributed by atoms with Crippen LogP contribution in [-0.4, -0.2) is 49.3 Å². The van der Waals surface area contributed by atoms with Crippen LogP contribution in [0.25, 0.3) is 10.9 Å². The molecule has 0 unspecified atom stereocenters. The maximum Gasteiger partial charge on any atom is 0.274 e. The van der Waals surface area contributed by atoms with Gasteiger partial charge in [0.25, 0.3) is 5.91 Å². The number of methoxy groups -OCH3 is 1. The molecule has 0 spiro atoms. The number of nitrogens with zero attached hydrogens (tertiary/aromatic N) is 3. The van der Waals surface area contributed by atoms with Crippen molar-refractivity contribution in [3.8, 4) is 11.5 Å². The number of aromatic hydroxyl groups is 1. The molecule has 0 aliphatic heterocycles. The first-order valence-electron chi connectivity index (χ1n) is 10.4. The average Bonchev–Trinajstić information content (AvgIpc) is 2.78. The Morgan fingerprint density at radius 2 is 1.97 bits per heavy atom. The van der Waals surface area contributed by atoms with Crippen LogP contribution in [-0.2, 0) is 15.6 Å². The highest BCUT2D eigenvalue weighted by molar-refractivity contribution is 7.92. The summed E-state index contributed by atoms with van der Waals surface area (Å²) in [6, 6.07) is 10.5. The largest absolute Gasteiger partial charge is 0.504 e. The summed E-state index contributed by atoms with van der Waals surface area (Å²) < 4.78 is 31.7. The Balaban J connectivity index is 2.09. The zero-order valence-electron chi connectivity index (χ0n) is 19.3. The van der Waals surface area contributed by atoms with E-state index >= 15 is 0 Å². The van der Waals surface area contributed by atoms with Crippen molar-refractivity contribution in [1.82, 2.24) is 15.3 Å². The van der Waals surface area contributed by atoms with Crippen molar-refractivity contribution in [2.45, 2.75) is 32.7 Å². The number of anilines is 1. The van der Waals surface area contributed by atoms with Crippen LogP contribution in [0.5, 0.6) is 11.5 Å². The van der Waals surface area contributed by atoms with Gasteiger partial charge in [-0.2, -0.15) is 0 Å². The molecule has 1 amide bonds. The molecule has 0 saturated heterocycles. The molecule has 1 aromatic carbocycles. The van der Waals surface area contributed by atoms with Gasteiger partial charge in [-0.05, 0) is 50.1 Å². The van der Waals surface area contributed by atoms with Crippen LogP contribution in [0.4, 0.5) is 5.82 Å². The third kappa shape index (κ3) is 4.85. The minimum absolute atomic E-state index is 0.0219. The van der Waals surface area contributed by atoms with Crippen molar-refractivity contribution in [1.29, 1.82) is 0 Å². The summed E-state index contributed by atoms with van der Waals surface area (Å²) in [5, 5.41) is 14.0. The highest BCUT2D eigenvalue weighted by Gasteiger charge is 2.30. The average molecular weight is 473 g/mol. The second kappa shape index (κ2) is 9.22. The van der Waals surface area contributed by atoms with Gasteiger partial charge < -0.3 is 15.2 Å². The van der Waals surface area contributed by atoms with Gasteiger partial charge in [0.2, 0.25) is 10.0 Å². The van der Waals surface area contributed by atoms with Crippen molar-refractivity contribution in [3.05, 3.63) is 53.9 Å². The molecular weight excluding hydrogens is 444 g/mol. The fourth-order valence-corrected chi connectivity index (χ4v) is 4.65. The molecule has 0 radical (unpaired) electrons. The van der Waals surface area contributed by atoms with E-state index in [1.807, 2.05) is 12.1 Å². The summed E-state index contributed by atoms with van der Waals surface area (Å²) in [5.74, 6) is -0.521. The molecule has 3 rings (SSSR count). The number of hydrogen-bond acceptors (Lipinski definition) is 7. The maximum absolute atomic E-state index is 13.2. The summed E-state index contributed by atoms with van der Waals surface area (Å²) in [6.07, 6.45) is 1.87. The van der Waals surface area contributed by atoms with Crippen molar-refractivity contribution < 1.29 is 23.1 Å². The minimum Gasteiger partial charge on any atom is -0.504 e. The third-order valence-corrected chi connectivity index (χ3v) is 7.26. The third-order valence-electron chi connectivity index (χ3n) is 5.33. The number of hydrogen-bond donors (Lipinski definition) is 2. The minimum atomic E-state index is -3.68. The fraction of sp³-hybridized carbons (Fsp3) is 0.348. The van der Waals surface area contributed by atoms with Gasteiger partial charge in [0.15, 0.2) is 17.3 Å². The molecule has 0 atom stereocenters. The molecule has 0 saturated carbocycles. The number of fused-ring (bicyclic) bond motifs is 1. The lowest BCUT2D eigenvalue weighted by Gasteiger charge is -2.28. The Morgan fingerprint density at radius 3 is 2.64 bits per heavy atom. The van der Waals surface area contributed by atoms with Crippen molar-refractivity contribution in [2.24, 2.45) is 0 Å². The Bertz CT molecular complexity index is 1290. The van der Waals surface area contributed by atoms with Crippen molar-refractivity contribution in [3.63, 3.8) is 0 Å². The van der Waals surface area contributed by atoms with E-state index in [1.165, 1.54) is 13.2 Å². The summed E-state index contributed by atoms with van der Waals surface area (Å²) >= 11 is 0. The number of carbonyl (C=O) groups is 1. The van der Waals surface area contributed by atoms with Crippen molar-refractivity contribution >= 4 is 32.7 Å². The quantitative estimate of drug-likeness (QED) is 0.516. The van der Waals surface area contributed by atoms with Gasteiger partial charge >= 0.3 is 0 Å². The lowest BCUT2D eigenvalue weighted by molar-refractivity contribution is 0.0904. The number of sulfonamides is 1. The van der Waals surface area contributed by atoms with Crippen LogP contribution in [0, 0.1) is 0 Å². The monoisotopic (exact) mass is 472 g/mol. The van der Waals surface area contributed by atoms with Gasteiger partial charge in [0.05, 0.1) is 18.4 Å². The van der Waals surface area contributed by atoms with Gasteiger partial charge in [0.1, 0.15) is 11.3 Å². The summed E-state index contributed by atoms with van der Waals surface area (Å²) in [5.41, 5.74) is -0.299. The Morgan fingerprint density at radius 1 is 1.24 bits per heavy atom. The number of pyridine rings is 2. The van der Waals surface area contributed by atoms with E-state index in [0.717, 1.165) is 9.87 Å².